The van der Waals surface area contributed by atoms with Crippen LogP contribution in [0.15, 0.2) is 0 Å². The molecule has 0 aromatic heterocycles. The van der Waals surface area contributed by atoms with Crippen molar-refractivity contribution >= 4 is 40.8 Å². The summed E-state index contributed by atoms with van der Waals surface area (Å²) in [6.45, 7) is 0.655. The molecule has 1 heterocycles. The summed E-state index contributed by atoms with van der Waals surface area (Å²) in [5, 5.41) is 21.8. The molecule has 1 fully saturated rings. The fraction of sp³-hybridized carbons (Fsp3) is 0.706. The number of carbonyl (C=O) groups is 5. The van der Waals surface area contributed by atoms with E-state index in [1.807, 2.05) is 0 Å². The number of rotatable bonds is 10. The number of likely N-dealkylation sites (tertiary alicyclic amines) is 1. The van der Waals surface area contributed by atoms with E-state index in [2.05, 4.69) is 10.6 Å². The van der Waals surface area contributed by atoms with Gasteiger partial charge in [-0.25, -0.2) is 0 Å². The van der Waals surface area contributed by atoms with Crippen LogP contribution in [-0.2, 0) is 19.2 Å². The number of nitrogens with two attached hydrogens (primary N) is 1. The third kappa shape index (κ3) is 10.1. The molecule has 0 saturated carbocycles. The van der Waals surface area contributed by atoms with Crippen LogP contribution >= 0.6 is 11.8 Å². The minimum absolute atomic E-state index is 0.0719. The van der Waals surface area contributed by atoms with Gasteiger partial charge in [-0.1, -0.05) is 24.6 Å². The van der Waals surface area contributed by atoms with Crippen LogP contribution in [0.4, 0.5) is 4.79 Å². The molecule has 1 rings (SSSR count). The first-order chi connectivity index (χ1) is 13.7. The fourth-order valence-corrected chi connectivity index (χ4v) is 3.55. The number of nitrogens with zero attached hydrogens (tertiary/aromatic N) is 1. The summed E-state index contributed by atoms with van der Waals surface area (Å²) >= 11 is 0.879. The van der Waals surface area contributed by atoms with Gasteiger partial charge in [0.15, 0.2) is 0 Å². The Morgan fingerprint density at radius 1 is 1.03 bits per heavy atom. The molecule has 11 nitrogen and oxygen atoms in total. The van der Waals surface area contributed by atoms with Crippen LogP contribution in [0.1, 0.15) is 38.5 Å². The van der Waals surface area contributed by atoms with Crippen LogP contribution in [0.5, 0.6) is 0 Å². The van der Waals surface area contributed by atoms with Gasteiger partial charge >= 0.3 is 11.9 Å². The van der Waals surface area contributed by atoms with Crippen LogP contribution in [0.25, 0.3) is 0 Å². The fourth-order valence-electron chi connectivity index (χ4n) is 2.64. The number of nitrogens with one attached hydrogen (secondary N) is 2. The lowest BCUT2D eigenvalue weighted by atomic mass is 10.1. The highest BCUT2D eigenvalue weighted by atomic mass is 32.2. The summed E-state index contributed by atoms with van der Waals surface area (Å²) < 4.78 is 0. The highest BCUT2D eigenvalue weighted by molar-refractivity contribution is 8.13. The Bertz CT molecular complexity index is 609. The zero-order valence-corrected chi connectivity index (χ0v) is 16.9. The highest BCUT2D eigenvalue weighted by Gasteiger charge is 2.25. The van der Waals surface area contributed by atoms with E-state index >= 15 is 0 Å². The zero-order chi connectivity index (χ0) is 21.8. The van der Waals surface area contributed by atoms with Gasteiger partial charge in [-0.3, -0.25) is 24.0 Å². The van der Waals surface area contributed by atoms with Gasteiger partial charge in [0.25, 0.3) is 5.24 Å². The van der Waals surface area contributed by atoms with Gasteiger partial charge in [-0.05, 0) is 19.3 Å². The number of amides is 3. The van der Waals surface area contributed by atoms with E-state index in [9.17, 15) is 24.0 Å². The normalized spacial score (nSPS) is 16.2. The van der Waals surface area contributed by atoms with Crippen molar-refractivity contribution in [2.24, 2.45) is 5.73 Å². The van der Waals surface area contributed by atoms with E-state index in [-0.39, 0.29) is 23.8 Å². The van der Waals surface area contributed by atoms with Crippen LogP contribution in [0.2, 0.25) is 0 Å². The van der Waals surface area contributed by atoms with E-state index < -0.39 is 42.4 Å². The van der Waals surface area contributed by atoms with E-state index in [0.29, 0.717) is 13.1 Å². The van der Waals surface area contributed by atoms with Gasteiger partial charge in [-0.15, -0.1) is 0 Å². The summed E-state index contributed by atoms with van der Waals surface area (Å²) in [4.78, 5) is 59.8. The third-order valence-corrected chi connectivity index (χ3v) is 5.31. The molecule has 0 spiro atoms. The quantitative estimate of drug-likeness (QED) is 0.307. The van der Waals surface area contributed by atoms with Gasteiger partial charge in [0.2, 0.25) is 11.8 Å². The minimum atomic E-state index is -1.25. The smallest absolute Gasteiger partial charge is 0.322 e. The Kier molecular flexibility index (Phi) is 11.1. The molecule has 1 aliphatic heterocycles. The van der Waals surface area contributed by atoms with E-state index in [4.69, 9.17) is 15.9 Å². The number of aliphatic carboxylic acids is 2. The molecule has 0 aromatic rings. The number of carbonyl (C=O) groups excluding carboxylic acids is 3. The van der Waals surface area contributed by atoms with Crippen LogP contribution in [0, 0.1) is 0 Å². The van der Waals surface area contributed by atoms with Gasteiger partial charge in [0.05, 0.1) is 0 Å². The SMILES string of the molecule is N[C@@H](CCC(=O)N[C@@H](CSC(=O)N1CCCCCC1)C(=O)NCC(=O)O)C(=O)O. The van der Waals surface area contributed by atoms with Crippen LogP contribution in [-0.4, -0.2) is 81.6 Å². The van der Waals surface area contributed by atoms with Crippen molar-refractivity contribution in [3.05, 3.63) is 0 Å². The molecule has 29 heavy (non-hydrogen) atoms. The lowest BCUT2D eigenvalue weighted by Crippen LogP contribution is -2.50. The van der Waals surface area contributed by atoms with Gasteiger partial charge in [-0.2, -0.15) is 0 Å². The maximum Gasteiger partial charge on any atom is 0.322 e. The average Bonchev–Trinajstić information content (AvgIpc) is 2.96. The second-order valence-corrected chi connectivity index (χ2v) is 7.66. The summed E-state index contributed by atoms with van der Waals surface area (Å²) in [5.41, 5.74) is 5.35. The predicted octanol–water partition coefficient (Wildman–Crippen LogP) is -0.407. The first kappa shape index (κ1) is 24.7. The topological polar surface area (TPSA) is 179 Å². The summed E-state index contributed by atoms with van der Waals surface area (Å²) in [7, 11) is 0. The Balaban J connectivity index is 2.63. The van der Waals surface area contributed by atoms with Crippen LogP contribution < -0.4 is 16.4 Å². The molecule has 2 atom stereocenters. The second-order valence-electron chi connectivity index (χ2n) is 6.69. The Labute approximate surface area is 172 Å². The lowest BCUT2D eigenvalue weighted by molar-refractivity contribution is -0.139. The standard InChI is InChI=1S/C17H28N4O7S/c18-11(16(26)27)5-6-13(22)20-12(15(25)19-9-14(23)24)10-29-17(28)21-7-3-1-2-4-8-21/h11-12H,1-10,18H2,(H,19,25)(H,20,22)(H,23,24)(H,26,27)/t11-,12-/m0/s1. The molecule has 0 aliphatic carbocycles. The van der Waals surface area contributed by atoms with E-state index in [0.717, 1.165) is 37.4 Å². The molecule has 164 valence electrons. The Hall–Kier alpha value is -2.34. The van der Waals surface area contributed by atoms with Crippen molar-refractivity contribution in [3.63, 3.8) is 0 Å². The lowest BCUT2D eigenvalue weighted by Gasteiger charge is -2.22. The molecule has 0 aromatic carbocycles. The maximum atomic E-state index is 12.4. The molecule has 1 aliphatic rings. The predicted molar refractivity (Wildman–Crippen MR) is 105 cm³/mol. The maximum absolute atomic E-state index is 12.4. The molecule has 0 radical (unpaired) electrons. The van der Waals surface area contributed by atoms with Crippen molar-refractivity contribution in [2.45, 2.75) is 50.6 Å². The van der Waals surface area contributed by atoms with Crippen molar-refractivity contribution in [3.8, 4) is 0 Å². The highest BCUT2D eigenvalue weighted by Crippen LogP contribution is 2.16. The van der Waals surface area contributed by atoms with Gasteiger partial charge < -0.3 is 31.5 Å². The number of hydrogen-bond acceptors (Lipinski definition) is 7. The minimum Gasteiger partial charge on any atom is -0.480 e. The molecule has 12 heteroatoms. The molecular weight excluding hydrogens is 404 g/mol. The number of carboxylic acid groups (broad SMARTS) is 2. The molecule has 3 amide bonds. The Morgan fingerprint density at radius 2 is 1.66 bits per heavy atom. The molecular formula is C17H28N4O7S. The first-order valence-electron chi connectivity index (χ1n) is 9.39. The summed E-state index contributed by atoms with van der Waals surface area (Å²) in [6.07, 6.45) is 3.60. The first-order valence-corrected chi connectivity index (χ1v) is 10.4. The molecule has 1 saturated heterocycles. The third-order valence-electron chi connectivity index (χ3n) is 4.30. The monoisotopic (exact) mass is 432 g/mol. The average molecular weight is 432 g/mol. The molecule has 0 unspecified atom stereocenters. The zero-order valence-electron chi connectivity index (χ0n) is 16.1. The van der Waals surface area contributed by atoms with Crippen molar-refractivity contribution in [1.29, 1.82) is 0 Å². The number of carboxylic acids is 2. The van der Waals surface area contributed by atoms with Crippen LogP contribution in [0.3, 0.4) is 0 Å². The summed E-state index contributed by atoms with van der Waals surface area (Å²) in [6, 6.07) is -2.34. The number of thioether (sulfide) groups is 1. The Morgan fingerprint density at radius 3 is 2.21 bits per heavy atom. The van der Waals surface area contributed by atoms with Crippen molar-refractivity contribution in [2.75, 3.05) is 25.4 Å². The summed E-state index contributed by atoms with van der Waals surface area (Å²) in [5.74, 6) is -3.91. The largest absolute Gasteiger partial charge is 0.480 e. The van der Waals surface area contributed by atoms with Crippen molar-refractivity contribution in [1.82, 2.24) is 15.5 Å². The van der Waals surface area contributed by atoms with Gasteiger partial charge in [0, 0.05) is 25.3 Å². The van der Waals surface area contributed by atoms with E-state index in [1.54, 1.807) is 4.90 Å². The van der Waals surface area contributed by atoms with Gasteiger partial charge in [0.1, 0.15) is 18.6 Å². The second kappa shape index (κ2) is 13.0. The molecule has 0 bridgehead atoms. The van der Waals surface area contributed by atoms with Crippen molar-refractivity contribution < 1.29 is 34.2 Å². The van der Waals surface area contributed by atoms with E-state index in [1.165, 1.54) is 0 Å². The number of hydrogen-bond donors (Lipinski definition) is 5. The molecule has 6 N–H and O–H groups in total.